The van der Waals surface area contributed by atoms with Crippen LogP contribution in [0.3, 0.4) is 0 Å². The Bertz CT molecular complexity index is 561. The molecule has 1 aromatic rings. The van der Waals surface area contributed by atoms with E-state index in [2.05, 4.69) is 5.32 Å². The minimum absolute atomic E-state index is 0.0152. The highest BCUT2D eigenvalue weighted by molar-refractivity contribution is 14.1. The number of carbonyl (C=O) groups excluding carboxylic acids is 1. The number of non-ortho nitro benzene ring substituents is 1. The maximum atomic E-state index is 12.0. The number of carboxylic acids is 1. The smallest absolute Gasteiger partial charge is 0.303 e. The molecule has 0 aliphatic rings. The Morgan fingerprint density at radius 1 is 1.48 bits per heavy atom. The first kappa shape index (κ1) is 17.3. The molecular weight excluding hydrogens is 391 g/mol. The van der Waals surface area contributed by atoms with Crippen molar-refractivity contribution < 1.29 is 19.6 Å². The number of aliphatic carboxylic acids is 1. The van der Waals surface area contributed by atoms with Gasteiger partial charge in [0.15, 0.2) is 0 Å². The van der Waals surface area contributed by atoms with Gasteiger partial charge in [0.2, 0.25) is 0 Å². The molecule has 1 rings (SSSR count). The molecule has 1 atom stereocenters. The molecule has 0 bridgehead atoms. The van der Waals surface area contributed by atoms with Crippen LogP contribution in [0.25, 0.3) is 0 Å². The molecule has 7 nitrogen and oxygen atoms in total. The molecule has 0 heterocycles. The molecule has 114 valence electrons. The lowest BCUT2D eigenvalue weighted by Crippen LogP contribution is -2.29. The van der Waals surface area contributed by atoms with Gasteiger partial charge in [0.25, 0.3) is 11.6 Å². The normalized spacial score (nSPS) is 11.7. The Morgan fingerprint density at radius 3 is 2.71 bits per heavy atom. The molecule has 0 aliphatic heterocycles. The number of benzene rings is 1. The van der Waals surface area contributed by atoms with Crippen LogP contribution < -0.4 is 5.32 Å². The standard InChI is InChI=1S/C13H15IN2O5/c1-8(2-5-12(17)18)7-15-13(19)10-6-9(16(20)21)3-4-11(10)14/h3-4,6,8H,2,5,7H2,1H3,(H,15,19)(H,17,18). The number of rotatable bonds is 7. The Kier molecular flexibility index (Phi) is 6.53. The number of nitrogens with one attached hydrogen (secondary N) is 1. The van der Waals surface area contributed by atoms with Crippen molar-refractivity contribution in [3.63, 3.8) is 0 Å². The van der Waals surface area contributed by atoms with Gasteiger partial charge in [-0.2, -0.15) is 0 Å². The maximum absolute atomic E-state index is 12.0. The number of amides is 1. The summed E-state index contributed by atoms with van der Waals surface area (Å²) in [5.74, 6) is -1.26. The number of carbonyl (C=O) groups is 2. The second kappa shape index (κ2) is 7.91. The van der Waals surface area contributed by atoms with Crippen LogP contribution in [-0.4, -0.2) is 28.5 Å². The third-order valence-electron chi connectivity index (χ3n) is 2.87. The second-order valence-corrected chi connectivity index (χ2v) is 5.83. The number of hydrogen-bond acceptors (Lipinski definition) is 4. The van der Waals surface area contributed by atoms with Crippen molar-refractivity contribution in [1.29, 1.82) is 0 Å². The van der Waals surface area contributed by atoms with E-state index in [1.165, 1.54) is 18.2 Å². The summed E-state index contributed by atoms with van der Waals surface area (Å²) in [6.45, 7) is 2.16. The van der Waals surface area contributed by atoms with E-state index in [4.69, 9.17) is 5.11 Å². The SMILES string of the molecule is CC(CCC(=O)O)CNC(=O)c1cc([N+](=O)[O-])ccc1I. The highest BCUT2D eigenvalue weighted by atomic mass is 127. The second-order valence-electron chi connectivity index (χ2n) is 4.67. The quantitative estimate of drug-likeness (QED) is 0.411. The Labute approximate surface area is 135 Å². The summed E-state index contributed by atoms with van der Waals surface area (Å²) in [6.07, 6.45) is 0.507. The molecule has 0 aliphatic carbocycles. The zero-order valence-electron chi connectivity index (χ0n) is 11.3. The number of carboxylic acid groups (broad SMARTS) is 1. The average Bonchev–Trinajstić information content (AvgIpc) is 2.42. The van der Waals surface area contributed by atoms with Gasteiger partial charge in [0.1, 0.15) is 0 Å². The highest BCUT2D eigenvalue weighted by Crippen LogP contribution is 2.19. The third-order valence-corrected chi connectivity index (χ3v) is 3.81. The average molecular weight is 406 g/mol. The molecule has 0 saturated carbocycles. The van der Waals surface area contributed by atoms with E-state index in [1.807, 2.05) is 29.5 Å². The van der Waals surface area contributed by atoms with Gasteiger partial charge in [0.05, 0.1) is 10.5 Å². The lowest BCUT2D eigenvalue weighted by atomic mass is 10.1. The lowest BCUT2D eigenvalue weighted by Gasteiger charge is -2.12. The number of nitrogens with zero attached hydrogens (tertiary/aromatic N) is 1. The first-order valence-electron chi connectivity index (χ1n) is 6.25. The largest absolute Gasteiger partial charge is 0.481 e. The summed E-state index contributed by atoms with van der Waals surface area (Å²) in [7, 11) is 0. The van der Waals surface area contributed by atoms with Crippen molar-refractivity contribution >= 4 is 40.2 Å². The van der Waals surface area contributed by atoms with Crippen LogP contribution in [0, 0.1) is 19.6 Å². The molecule has 0 radical (unpaired) electrons. The first-order chi connectivity index (χ1) is 9.81. The molecule has 0 fully saturated rings. The van der Waals surface area contributed by atoms with Crippen molar-refractivity contribution in [3.8, 4) is 0 Å². The lowest BCUT2D eigenvalue weighted by molar-refractivity contribution is -0.384. The summed E-state index contributed by atoms with van der Waals surface area (Å²) in [5, 5.41) is 22.0. The Morgan fingerprint density at radius 2 is 2.14 bits per heavy atom. The van der Waals surface area contributed by atoms with Crippen LogP contribution in [0.1, 0.15) is 30.1 Å². The fourth-order valence-corrected chi connectivity index (χ4v) is 2.22. The van der Waals surface area contributed by atoms with E-state index in [0.29, 0.717) is 16.5 Å². The zero-order chi connectivity index (χ0) is 16.0. The van der Waals surface area contributed by atoms with E-state index in [-0.39, 0.29) is 23.6 Å². The maximum Gasteiger partial charge on any atom is 0.303 e. The van der Waals surface area contributed by atoms with Crippen LogP contribution in [-0.2, 0) is 4.79 Å². The predicted octanol–water partition coefficient (Wildman–Crippen LogP) is 2.43. The highest BCUT2D eigenvalue weighted by Gasteiger charge is 2.16. The number of nitro benzene ring substituents is 1. The van der Waals surface area contributed by atoms with Crippen LogP contribution >= 0.6 is 22.6 Å². The fraction of sp³-hybridized carbons (Fsp3) is 0.385. The Hall–Kier alpha value is -1.71. The van der Waals surface area contributed by atoms with Gasteiger partial charge in [-0.15, -0.1) is 0 Å². The summed E-state index contributed by atoms with van der Waals surface area (Å²) in [4.78, 5) is 32.6. The molecule has 0 saturated heterocycles. The van der Waals surface area contributed by atoms with Gasteiger partial charge in [-0.05, 0) is 41.0 Å². The molecule has 0 aromatic heterocycles. The minimum Gasteiger partial charge on any atom is -0.481 e. The summed E-state index contributed by atoms with van der Waals surface area (Å²) < 4.78 is 0.619. The molecule has 21 heavy (non-hydrogen) atoms. The van der Waals surface area contributed by atoms with Gasteiger partial charge in [-0.25, -0.2) is 0 Å². The summed E-state index contributed by atoms with van der Waals surface area (Å²) in [6, 6.07) is 4.09. The van der Waals surface area contributed by atoms with Gasteiger partial charge < -0.3 is 10.4 Å². The van der Waals surface area contributed by atoms with Crippen LogP contribution in [0.5, 0.6) is 0 Å². The molecule has 0 spiro atoms. The van der Waals surface area contributed by atoms with E-state index < -0.39 is 16.8 Å². The molecule has 1 unspecified atom stereocenters. The molecule has 8 heteroatoms. The van der Waals surface area contributed by atoms with Crippen molar-refractivity contribution in [2.75, 3.05) is 6.54 Å². The van der Waals surface area contributed by atoms with E-state index in [9.17, 15) is 19.7 Å². The van der Waals surface area contributed by atoms with Crippen LogP contribution in [0.2, 0.25) is 0 Å². The molecule has 2 N–H and O–H groups in total. The fourth-order valence-electron chi connectivity index (χ4n) is 1.63. The third kappa shape index (κ3) is 5.66. The Balaban J connectivity index is 2.65. The van der Waals surface area contributed by atoms with Gasteiger partial charge in [-0.1, -0.05) is 6.92 Å². The summed E-state index contributed by atoms with van der Waals surface area (Å²) in [5.41, 5.74) is 0.106. The molecule has 1 amide bonds. The van der Waals surface area contributed by atoms with Gasteiger partial charge in [-0.3, -0.25) is 19.7 Å². The van der Waals surface area contributed by atoms with E-state index >= 15 is 0 Å². The van der Waals surface area contributed by atoms with Crippen LogP contribution in [0.15, 0.2) is 18.2 Å². The van der Waals surface area contributed by atoms with Crippen molar-refractivity contribution in [2.45, 2.75) is 19.8 Å². The van der Waals surface area contributed by atoms with Crippen molar-refractivity contribution in [3.05, 3.63) is 37.4 Å². The zero-order valence-corrected chi connectivity index (χ0v) is 13.5. The number of hydrogen-bond donors (Lipinski definition) is 2. The predicted molar refractivity (Wildman–Crippen MR) is 84.2 cm³/mol. The first-order valence-corrected chi connectivity index (χ1v) is 7.33. The molecule has 1 aromatic carbocycles. The molecular formula is C13H15IN2O5. The number of nitro groups is 1. The van der Waals surface area contributed by atoms with Gasteiger partial charge in [0, 0.05) is 28.7 Å². The van der Waals surface area contributed by atoms with Crippen molar-refractivity contribution in [2.24, 2.45) is 5.92 Å². The number of halogens is 1. The minimum atomic E-state index is -0.874. The van der Waals surface area contributed by atoms with E-state index in [1.54, 1.807) is 0 Å². The summed E-state index contributed by atoms with van der Waals surface area (Å²) >= 11 is 1.94. The van der Waals surface area contributed by atoms with Crippen LogP contribution in [0.4, 0.5) is 5.69 Å². The van der Waals surface area contributed by atoms with E-state index in [0.717, 1.165) is 0 Å². The monoisotopic (exact) mass is 406 g/mol. The topological polar surface area (TPSA) is 110 Å². The van der Waals surface area contributed by atoms with Crippen molar-refractivity contribution in [1.82, 2.24) is 5.32 Å². The van der Waals surface area contributed by atoms with Gasteiger partial charge >= 0.3 is 5.97 Å².